The predicted octanol–water partition coefficient (Wildman–Crippen LogP) is 4.43. The topological polar surface area (TPSA) is 96.2 Å². The molecule has 0 saturated heterocycles. The summed E-state index contributed by atoms with van der Waals surface area (Å²) in [5.41, 5.74) is -0.892. The summed E-state index contributed by atoms with van der Waals surface area (Å²) in [5, 5.41) is 31.0. The molecule has 1 aromatic carbocycles. The molecule has 35 heavy (non-hydrogen) atoms. The maximum absolute atomic E-state index is 12.8. The summed E-state index contributed by atoms with van der Waals surface area (Å²) in [7, 11) is 0. The molecule has 1 fully saturated rings. The predicted molar refractivity (Wildman–Crippen MR) is 125 cm³/mol. The van der Waals surface area contributed by atoms with Gasteiger partial charge in [-0.15, -0.1) is 0 Å². The number of alkyl halides is 3. The standard InChI is InChI=1S/C26H35F3O6/c1-17(2)35-25(33)11-6-4-3-5-10-21-22(24(32)15-23(21)31)13-12-19(30)16-34-20-9-7-8-18(14-20)26(27,28)29/h3,5,7-9,12-14,17,19,21-24,30-32H,4,6,10-11,15-16H2,1-2H3/b5-3-,13-12+/t19-,21-,22-,23+,24-/m1/s1/i4D2,6D2. The lowest BCUT2D eigenvalue weighted by Gasteiger charge is -2.19. The lowest BCUT2D eigenvalue weighted by atomic mass is 9.89. The zero-order valence-electron chi connectivity index (χ0n) is 23.6. The van der Waals surface area contributed by atoms with E-state index in [2.05, 4.69) is 0 Å². The Hall–Kier alpha value is -2.36. The number of hydrogen-bond acceptors (Lipinski definition) is 6. The highest BCUT2D eigenvalue weighted by molar-refractivity contribution is 5.69. The van der Waals surface area contributed by atoms with Crippen molar-refractivity contribution in [1.82, 2.24) is 0 Å². The summed E-state index contributed by atoms with van der Waals surface area (Å²) in [5.74, 6) is -2.18. The fourth-order valence-electron chi connectivity index (χ4n) is 3.73. The molecule has 6 nitrogen and oxygen atoms in total. The minimum Gasteiger partial charge on any atom is -0.491 e. The molecule has 1 aliphatic rings. The first-order valence-electron chi connectivity index (χ1n) is 13.3. The van der Waals surface area contributed by atoms with Crippen LogP contribution in [-0.2, 0) is 15.7 Å². The highest BCUT2D eigenvalue weighted by Gasteiger charge is 2.39. The third-order valence-electron chi connectivity index (χ3n) is 5.36. The van der Waals surface area contributed by atoms with Crippen LogP contribution in [0.25, 0.3) is 0 Å². The Balaban J connectivity index is 2.00. The van der Waals surface area contributed by atoms with E-state index in [0.29, 0.717) is 0 Å². The first kappa shape index (κ1) is 23.1. The van der Waals surface area contributed by atoms with Gasteiger partial charge < -0.3 is 24.8 Å². The molecule has 0 radical (unpaired) electrons. The van der Waals surface area contributed by atoms with Crippen molar-refractivity contribution in [1.29, 1.82) is 0 Å². The molecule has 0 aromatic heterocycles. The van der Waals surface area contributed by atoms with E-state index < -0.39 is 73.1 Å². The van der Waals surface area contributed by atoms with Gasteiger partial charge in [-0.1, -0.05) is 30.4 Å². The van der Waals surface area contributed by atoms with Crippen LogP contribution in [0, 0.1) is 11.8 Å². The Bertz CT molecular complexity index is 1020. The zero-order chi connectivity index (χ0) is 29.6. The van der Waals surface area contributed by atoms with E-state index in [-0.39, 0.29) is 25.2 Å². The van der Waals surface area contributed by atoms with Crippen molar-refractivity contribution >= 4 is 5.97 Å². The maximum atomic E-state index is 12.8. The Kier molecular flexibility index (Phi) is 9.00. The van der Waals surface area contributed by atoms with E-state index in [1.54, 1.807) is 13.8 Å². The molecule has 0 heterocycles. The number of halogens is 3. The van der Waals surface area contributed by atoms with Gasteiger partial charge in [0.1, 0.15) is 18.5 Å². The first-order valence-corrected chi connectivity index (χ1v) is 11.3. The number of esters is 1. The molecule has 0 aliphatic heterocycles. The van der Waals surface area contributed by atoms with Crippen molar-refractivity contribution in [3.8, 4) is 5.75 Å². The van der Waals surface area contributed by atoms with Crippen LogP contribution in [-0.4, -0.2) is 52.3 Å². The van der Waals surface area contributed by atoms with Crippen molar-refractivity contribution in [2.24, 2.45) is 11.8 Å². The smallest absolute Gasteiger partial charge is 0.416 e. The van der Waals surface area contributed by atoms with Crippen molar-refractivity contribution in [2.75, 3.05) is 6.61 Å². The van der Waals surface area contributed by atoms with Gasteiger partial charge in [0, 0.05) is 24.2 Å². The molecule has 196 valence electrons. The summed E-state index contributed by atoms with van der Waals surface area (Å²) >= 11 is 0. The van der Waals surface area contributed by atoms with Gasteiger partial charge in [0.05, 0.1) is 23.9 Å². The quantitative estimate of drug-likeness (QED) is 0.288. The third kappa shape index (κ3) is 10.0. The molecular weight excluding hydrogens is 465 g/mol. The molecule has 9 heteroatoms. The molecule has 3 N–H and O–H groups in total. The fraction of sp³-hybridized carbons (Fsp3) is 0.577. The molecule has 1 aliphatic carbocycles. The van der Waals surface area contributed by atoms with E-state index in [1.807, 2.05) is 0 Å². The molecule has 1 aromatic rings. The summed E-state index contributed by atoms with van der Waals surface area (Å²) in [6.07, 6.45) is -8.88. The number of hydrogen-bond donors (Lipinski definition) is 3. The second-order valence-electron chi connectivity index (χ2n) is 8.58. The number of aliphatic hydroxyl groups is 3. The van der Waals surface area contributed by atoms with E-state index in [4.69, 9.17) is 15.0 Å². The molecule has 0 amide bonds. The fourth-order valence-corrected chi connectivity index (χ4v) is 3.73. The van der Waals surface area contributed by atoms with Crippen LogP contribution >= 0.6 is 0 Å². The second-order valence-corrected chi connectivity index (χ2v) is 8.58. The lowest BCUT2D eigenvalue weighted by Crippen LogP contribution is -2.21. The first-order chi connectivity index (χ1) is 17.9. The number of ether oxygens (including phenoxy) is 2. The Morgan fingerprint density at radius 1 is 1.26 bits per heavy atom. The third-order valence-corrected chi connectivity index (χ3v) is 5.36. The van der Waals surface area contributed by atoms with Gasteiger partial charge in [-0.25, -0.2) is 0 Å². The molecule has 0 unspecified atom stereocenters. The number of benzene rings is 1. The van der Waals surface area contributed by atoms with Gasteiger partial charge in [-0.05, 0) is 57.1 Å². The summed E-state index contributed by atoms with van der Waals surface area (Å²) in [6.45, 7) is 2.83. The van der Waals surface area contributed by atoms with Crippen molar-refractivity contribution in [3.05, 3.63) is 54.1 Å². The SMILES string of the molecule is [2H]C([2H])(/C=C\C[C@@H]1[C@@H](/C=C/[C@@H](O)COc2cccc(C(F)(F)F)c2)[C@H](O)C[C@@H]1O)C([2H])([2H])CC(=O)OC(C)C. The molecule has 2 rings (SSSR count). The number of rotatable bonds is 12. The van der Waals surface area contributed by atoms with E-state index in [9.17, 15) is 33.3 Å². The van der Waals surface area contributed by atoms with Gasteiger partial charge in [-0.3, -0.25) is 4.79 Å². The zero-order valence-corrected chi connectivity index (χ0v) is 19.6. The second kappa shape index (κ2) is 13.7. The monoisotopic (exact) mass is 504 g/mol. The van der Waals surface area contributed by atoms with Gasteiger partial charge in [0.15, 0.2) is 0 Å². The van der Waals surface area contributed by atoms with Gasteiger partial charge in [-0.2, -0.15) is 13.2 Å². The summed E-state index contributed by atoms with van der Waals surface area (Å²) in [4.78, 5) is 11.8. The summed E-state index contributed by atoms with van der Waals surface area (Å²) < 4.78 is 80.9. The van der Waals surface area contributed by atoms with Crippen LogP contribution in [0.15, 0.2) is 48.6 Å². The normalized spacial score (nSPS) is 26.4. The van der Waals surface area contributed by atoms with Crippen molar-refractivity contribution in [2.45, 2.75) is 76.4 Å². The Labute approximate surface area is 209 Å². The molecule has 0 spiro atoms. The highest BCUT2D eigenvalue weighted by Crippen LogP contribution is 2.36. The number of aliphatic hydroxyl groups excluding tert-OH is 3. The Morgan fingerprint density at radius 3 is 2.69 bits per heavy atom. The van der Waals surface area contributed by atoms with Gasteiger partial charge in [0.25, 0.3) is 0 Å². The number of carbonyl (C=O) groups excluding carboxylic acids is 1. The lowest BCUT2D eigenvalue weighted by molar-refractivity contribution is -0.147. The van der Waals surface area contributed by atoms with Crippen LogP contribution in [0.4, 0.5) is 13.2 Å². The van der Waals surface area contributed by atoms with E-state index >= 15 is 0 Å². The molecular formula is C26H35F3O6. The van der Waals surface area contributed by atoms with Crippen molar-refractivity contribution < 1.29 is 48.2 Å². The van der Waals surface area contributed by atoms with Gasteiger partial charge >= 0.3 is 12.1 Å². The minimum atomic E-state index is -4.54. The average Bonchev–Trinajstić information content (AvgIpc) is 3.06. The van der Waals surface area contributed by atoms with Crippen LogP contribution < -0.4 is 4.74 Å². The van der Waals surface area contributed by atoms with E-state index in [0.717, 1.165) is 18.2 Å². The minimum absolute atomic E-state index is 0.0269. The van der Waals surface area contributed by atoms with Crippen molar-refractivity contribution in [3.63, 3.8) is 0 Å². The van der Waals surface area contributed by atoms with Crippen LogP contribution in [0.2, 0.25) is 0 Å². The molecule has 1 saturated carbocycles. The average molecular weight is 505 g/mol. The van der Waals surface area contributed by atoms with Crippen LogP contribution in [0.3, 0.4) is 0 Å². The largest absolute Gasteiger partial charge is 0.491 e. The van der Waals surface area contributed by atoms with Gasteiger partial charge in [0.2, 0.25) is 0 Å². The molecule has 0 bridgehead atoms. The van der Waals surface area contributed by atoms with Crippen LogP contribution in [0.5, 0.6) is 5.75 Å². The van der Waals surface area contributed by atoms with Crippen LogP contribution in [0.1, 0.15) is 56.9 Å². The number of carbonyl (C=O) groups is 1. The van der Waals surface area contributed by atoms with E-state index in [1.165, 1.54) is 30.4 Å². The maximum Gasteiger partial charge on any atom is 0.416 e. The Morgan fingerprint density at radius 2 is 2.00 bits per heavy atom. The summed E-state index contributed by atoms with van der Waals surface area (Å²) in [6, 6.07) is 4.20. The number of allylic oxidation sites excluding steroid dienone is 2. The molecule has 5 atom stereocenters. The highest BCUT2D eigenvalue weighted by atomic mass is 19.4.